The summed E-state index contributed by atoms with van der Waals surface area (Å²) in [4.78, 5) is 18.4. The normalized spacial score (nSPS) is 20.2. The molecule has 6 nitrogen and oxygen atoms in total. The van der Waals surface area contributed by atoms with Crippen molar-refractivity contribution in [3.8, 4) is 0 Å². The summed E-state index contributed by atoms with van der Waals surface area (Å²) >= 11 is 0. The fourth-order valence-electron chi connectivity index (χ4n) is 2.89. The number of hydrogen-bond donors (Lipinski definition) is 2. The Morgan fingerprint density at radius 3 is 2.65 bits per heavy atom. The van der Waals surface area contributed by atoms with E-state index in [-0.39, 0.29) is 12.5 Å². The van der Waals surface area contributed by atoms with Gasteiger partial charge in [0.2, 0.25) is 0 Å². The van der Waals surface area contributed by atoms with Gasteiger partial charge in [-0.15, -0.1) is 0 Å². The molecule has 1 fully saturated rings. The summed E-state index contributed by atoms with van der Waals surface area (Å²) in [5.74, 6) is 0.364. The van der Waals surface area contributed by atoms with E-state index < -0.39 is 5.60 Å². The van der Waals surface area contributed by atoms with Crippen LogP contribution in [0, 0.1) is 0 Å². The first kappa shape index (κ1) is 19.7. The van der Waals surface area contributed by atoms with Crippen molar-refractivity contribution in [3.63, 3.8) is 0 Å². The molecule has 1 saturated heterocycles. The summed E-state index contributed by atoms with van der Waals surface area (Å²) in [7, 11) is 1.71. The molecule has 0 bridgehead atoms. The van der Waals surface area contributed by atoms with Crippen molar-refractivity contribution in [1.82, 2.24) is 15.5 Å². The van der Waals surface area contributed by atoms with Crippen LogP contribution in [0.5, 0.6) is 0 Å². The van der Waals surface area contributed by atoms with Crippen molar-refractivity contribution < 1.29 is 9.53 Å². The maximum Gasteiger partial charge on any atom is 0.325 e. The maximum absolute atomic E-state index is 11.7. The number of rotatable bonds is 6. The molecule has 0 aromatic heterocycles. The molecule has 0 saturated carbocycles. The third-order valence-electron chi connectivity index (χ3n) is 3.96. The van der Waals surface area contributed by atoms with Gasteiger partial charge >= 0.3 is 5.97 Å². The number of carbonyl (C=O) groups excluding carboxylic acids is 1. The molecule has 1 atom stereocenters. The van der Waals surface area contributed by atoms with E-state index in [0.717, 1.165) is 13.1 Å². The molecule has 23 heavy (non-hydrogen) atoms. The lowest BCUT2D eigenvalue weighted by Crippen LogP contribution is -2.47. The summed E-state index contributed by atoms with van der Waals surface area (Å²) in [6.45, 7) is 11.0. The zero-order valence-electron chi connectivity index (χ0n) is 15.4. The van der Waals surface area contributed by atoms with Crippen LogP contribution in [0.4, 0.5) is 0 Å². The molecule has 1 unspecified atom stereocenters. The average molecular weight is 326 g/mol. The van der Waals surface area contributed by atoms with Gasteiger partial charge in [-0.25, -0.2) is 0 Å². The van der Waals surface area contributed by atoms with Gasteiger partial charge in [0, 0.05) is 26.2 Å². The number of esters is 1. The van der Waals surface area contributed by atoms with Crippen LogP contribution in [0.1, 0.15) is 53.4 Å². The van der Waals surface area contributed by atoms with Gasteiger partial charge in [0.1, 0.15) is 12.1 Å². The number of ether oxygens (including phenoxy) is 1. The second-order valence-corrected chi connectivity index (χ2v) is 7.03. The van der Waals surface area contributed by atoms with Gasteiger partial charge in [-0.05, 0) is 46.6 Å². The predicted octanol–water partition coefficient (Wildman–Crippen LogP) is 1.76. The quantitative estimate of drug-likeness (QED) is 0.442. The first-order valence-corrected chi connectivity index (χ1v) is 8.76. The number of nitrogens with one attached hydrogen (secondary N) is 2. The third-order valence-corrected chi connectivity index (χ3v) is 3.96. The molecule has 134 valence electrons. The van der Waals surface area contributed by atoms with Crippen molar-refractivity contribution in [2.45, 2.75) is 65.0 Å². The second-order valence-electron chi connectivity index (χ2n) is 7.03. The molecule has 1 rings (SSSR count). The summed E-state index contributed by atoms with van der Waals surface area (Å²) in [5.41, 5.74) is -0.459. The molecule has 0 aliphatic carbocycles. The van der Waals surface area contributed by atoms with Crippen LogP contribution in [0.25, 0.3) is 0 Å². The molecule has 6 heteroatoms. The molecule has 0 amide bonds. The number of piperidine rings is 1. The van der Waals surface area contributed by atoms with E-state index in [1.165, 1.54) is 32.2 Å². The lowest BCUT2D eigenvalue weighted by molar-refractivity contribution is -0.153. The minimum absolute atomic E-state index is 0.123. The minimum atomic E-state index is -0.459. The minimum Gasteiger partial charge on any atom is -0.459 e. The van der Waals surface area contributed by atoms with Gasteiger partial charge in [-0.1, -0.05) is 13.3 Å². The van der Waals surface area contributed by atoms with Crippen LogP contribution >= 0.6 is 0 Å². The zero-order chi connectivity index (χ0) is 17.3. The van der Waals surface area contributed by atoms with E-state index in [4.69, 9.17) is 4.74 Å². The zero-order valence-corrected chi connectivity index (χ0v) is 15.4. The standard InChI is InChI=1S/C17H34N4O2/c1-6-14-9-7-8-11-21(14)12-10-19-16(18-5)20-13-15(22)23-17(2,3)4/h14H,6-13H2,1-5H3,(H2,18,19,20). The molecule has 0 aromatic carbocycles. The summed E-state index contributed by atoms with van der Waals surface area (Å²) in [6, 6.07) is 0.710. The number of hydrogen-bond acceptors (Lipinski definition) is 4. The van der Waals surface area contributed by atoms with Gasteiger partial charge in [-0.2, -0.15) is 0 Å². The van der Waals surface area contributed by atoms with E-state index in [1.807, 2.05) is 20.8 Å². The van der Waals surface area contributed by atoms with Crippen molar-refractivity contribution in [3.05, 3.63) is 0 Å². The van der Waals surface area contributed by atoms with Crippen LogP contribution in [0.2, 0.25) is 0 Å². The highest BCUT2D eigenvalue weighted by atomic mass is 16.6. The van der Waals surface area contributed by atoms with Crippen LogP contribution < -0.4 is 10.6 Å². The fourth-order valence-corrected chi connectivity index (χ4v) is 2.89. The summed E-state index contributed by atoms with van der Waals surface area (Å²) in [5, 5.41) is 6.27. The molecule has 1 aliphatic heterocycles. The molecule has 2 N–H and O–H groups in total. The molecule has 0 spiro atoms. The Balaban J connectivity index is 2.27. The summed E-state index contributed by atoms with van der Waals surface area (Å²) < 4.78 is 5.27. The SMILES string of the molecule is CCC1CCCCN1CCNC(=NC)NCC(=O)OC(C)(C)C. The number of guanidine groups is 1. The van der Waals surface area contributed by atoms with E-state index >= 15 is 0 Å². The number of nitrogens with zero attached hydrogens (tertiary/aromatic N) is 2. The number of likely N-dealkylation sites (tertiary alicyclic amines) is 1. The van der Waals surface area contributed by atoms with Gasteiger partial charge in [0.15, 0.2) is 5.96 Å². The van der Waals surface area contributed by atoms with Gasteiger partial charge in [0.05, 0.1) is 0 Å². The topological polar surface area (TPSA) is 66.0 Å². The Hall–Kier alpha value is -1.30. The van der Waals surface area contributed by atoms with E-state index in [2.05, 4.69) is 27.4 Å². The predicted molar refractivity (Wildman–Crippen MR) is 94.7 cm³/mol. The highest BCUT2D eigenvalue weighted by molar-refractivity contribution is 5.84. The Morgan fingerprint density at radius 2 is 2.04 bits per heavy atom. The molecule has 0 radical (unpaired) electrons. The lowest BCUT2D eigenvalue weighted by Gasteiger charge is -2.35. The largest absolute Gasteiger partial charge is 0.459 e. The van der Waals surface area contributed by atoms with Crippen LogP contribution in [0.15, 0.2) is 4.99 Å². The van der Waals surface area contributed by atoms with Crippen molar-refractivity contribution in [2.75, 3.05) is 33.2 Å². The van der Waals surface area contributed by atoms with Gasteiger partial charge < -0.3 is 15.4 Å². The van der Waals surface area contributed by atoms with Crippen molar-refractivity contribution in [1.29, 1.82) is 0 Å². The van der Waals surface area contributed by atoms with E-state index in [9.17, 15) is 4.79 Å². The molecule has 1 heterocycles. The second kappa shape index (κ2) is 9.75. The van der Waals surface area contributed by atoms with Crippen molar-refractivity contribution >= 4 is 11.9 Å². The average Bonchev–Trinajstić information content (AvgIpc) is 2.49. The Kier molecular flexibility index (Phi) is 8.37. The highest BCUT2D eigenvalue weighted by Gasteiger charge is 2.20. The highest BCUT2D eigenvalue weighted by Crippen LogP contribution is 2.18. The maximum atomic E-state index is 11.7. The van der Waals surface area contributed by atoms with Gasteiger partial charge in [0.25, 0.3) is 0 Å². The third kappa shape index (κ3) is 8.21. The first-order valence-electron chi connectivity index (χ1n) is 8.76. The first-order chi connectivity index (χ1) is 10.9. The summed E-state index contributed by atoms with van der Waals surface area (Å²) in [6.07, 6.45) is 5.16. The molecule has 1 aliphatic rings. The molecular formula is C17H34N4O2. The number of aliphatic imine (C=N–C) groups is 1. The fraction of sp³-hybridized carbons (Fsp3) is 0.882. The van der Waals surface area contributed by atoms with Crippen LogP contribution in [-0.4, -0.2) is 61.7 Å². The monoisotopic (exact) mass is 326 g/mol. The van der Waals surface area contributed by atoms with E-state index in [1.54, 1.807) is 7.05 Å². The Bertz CT molecular complexity index is 391. The molecular weight excluding hydrogens is 292 g/mol. The smallest absolute Gasteiger partial charge is 0.325 e. The van der Waals surface area contributed by atoms with E-state index in [0.29, 0.717) is 12.0 Å². The van der Waals surface area contributed by atoms with Crippen LogP contribution in [0.3, 0.4) is 0 Å². The lowest BCUT2D eigenvalue weighted by atomic mass is 10.0. The Morgan fingerprint density at radius 1 is 1.30 bits per heavy atom. The van der Waals surface area contributed by atoms with Crippen LogP contribution in [-0.2, 0) is 9.53 Å². The van der Waals surface area contributed by atoms with Gasteiger partial charge in [-0.3, -0.25) is 14.7 Å². The number of carbonyl (C=O) groups is 1. The Labute approximate surface area is 141 Å². The van der Waals surface area contributed by atoms with Crippen molar-refractivity contribution in [2.24, 2.45) is 4.99 Å². The molecule has 0 aromatic rings.